The van der Waals surface area contributed by atoms with Crippen LogP contribution in [0.5, 0.6) is 5.75 Å². The number of hydrogen-bond acceptors (Lipinski definition) is 5. The summed E-state index contributed by atoms with van der Waals surface area (Å²) in [5.41, 5.74) is 4.10. The Bertz CT molecular complexity index is 1790. The second-order valence-corrected chi connectivity index (χ2v) is 14.7. The van der Waals surface area contributed by atoms with Crippen molar-refractivity contribution in [2.75, 3.05) is 17.5 Å². The second-order valence-electron chi connectivity index (χ2n) is 12.8. The molecule has 2 amide bonds. The first-order valence-corrected chi connectivity index (χ1v) is 18.6. The van der Waals surface area contributed by atoms with Gasteiger partial charge in [0.15, 0.2) is 0 Å². The topological polar surface area (TPSA) is 96.0 Å². The zero-order valence-electron chi connectivity index (χ0n) is 28.7. The third-order valence-corrected chi connectivity index (χ3v) is 10.8. The minimum Gasteiger partial charge on any atom is -0.494 e. The molecule has 0 saturated heterocycles. The number of carbonyl (C=O) groups is 2. The highest BCUT2D eigenvalue weighted by atomic mass is 32.2. The molecule has 1 aliphatic rings. The molecule has 1 fully saturated rings. The van der Waals surface area contributed by atoms with Crippen LogP contribution in [-0.4, -0.2) is 50.4 Å². The van der Waals surface area contributed by atoms with Crippen molar-refractivity contribution in [3.05, 3.63) is 125 Å². The number of aryl methyl sites for hydroxylation is 2. The average molecular weight is 682 g/mol. The molecule has 1 aliphatic carbocycles. The molecule has 0 aliphatic heterocycles. The van der Waals surface area contributed by atoms with E-state index in [1.807, 2.05) is 87.5 Å². The molecule has 0 radical (unpaired) electrons. The molecule has 0 unspecified atom stereocenters. The van der Waals surface area contributed by atoms with Crippen LogP contribution in [0.4, 0.5) is 5.69 Å². The van der Waals surface area contributed by atoms with E-state index in [0.29, 0.717) is 18.0 Å². The van der Waals surface area contributed by atoms with Crippen molar-refractivity contribution in [2.45, 2.75) is 82.8 Å². The van der Waals surface area contributed by atoms with E-state index in [-0.39, 0.29) is 29.8 Å². The summed E-state index contributed by atoms with van der Waals surface area (Å²) in [6.07, 6.45) is 5.33. The van der Waals surface area contributed by atoms with Crippen LogP contribution in [0.2, 0.25) is 0 Å². The Hall–Kier alpha value is -4.63. The molecule has 4 aromatic carbocycles. The normalized spacial score (nSPS) is 14.1. The first-order chi connectivity index (χ1) is 23.6. The number of hydrogen-bond donors (Lipinski definition) is 1. The summed E-state index contributed by atoms with van der Waals surface area (Å²) in [4.78, 5) is 30.6. The van der Waals surface area contributed by atoms with E-state index in [1.54, 1.807) is 29.2 Å². The van der Waals surface area contributed by atoms with Gasteiger partial charge in [-0.25, -0.2) is 8.42 Å². The van der Waals surface area contributed by atoms with Gasteiger partial charge in [-0.3, -0.25) is 13.9 Å². The minimum absolute atomic E-state index is 0.0328. The van der Waals surface area contributed by atoms with Gasteiger partial charge in [-0.1, -0.05) is 97.1 Å². The Morgan fingerprint density at radius 1 is 0.816 bits per heavy atom. The van der Waals surface area contributed by atoms with Crippen LogP contribution in [0.3, 0.4) is 0 Å². The van der Waals surface area contributed by atoms with Crippen molar-refractivity contribution in [3.8, 4) is 5.75 Å². The smallest absolute Gasteiger partial charge is 0.264 e. The summed E-state index contributed by atoms with van der Waals surface area (Å²) in [6.45, 7) is 5.86. The summed E-state index contributed by atoms with van der Waals surface area (Å²) >= 11 is 0. The van der Waals surface area contributed by atoms with Gasteiger partial charge in [-0.2, -0.15) is 0 Å². The highest BCUT2D eigenvalue weighted by molar-refractivity contribution is 7.92. The number of ether oxygens (including phenoxy) is 1. The number of anilines is 1. The van der Waals surface area contributed by atoms with E-state index in [2.05, 4.69) is 5.32 Å². The van der Waals surface area contributed by atoms with E-state index in [4.69, 9.17) is 4.74 Å². The molecule has 1 N–H and O–H groups in total. The van der Waals surface area contributed by atoms with Crippen LogP contribution in [-0.2, 0) is 32.6 Å². The van der Waals surface area contributed by atoms with Crippen LogP contribution in [0.25, 0.3) is 0 Å². The number of rotatable bonds is 14. The molecule has 0 spiro atoms. The quantitative estimate of drug-likeness (QED) is 0.155. The lowest BCUT2D eigenvalue weighted by atomic mass is 9.94. The van der Waals surface area contributed by atoms with Crippen molar-refractivity contribution in [1.29, 1.82) is 0 Å². The minimum atomic E-state index is -4.20. The van der Waals surface area contributed by atoms with E-state index < -0.39 is 28.5 Å². The van der Waals surface area contributed by atoms with Gasteiger partial charge in [0.25, 0.3) is 10.0 Å². The second kappa shape index (κ2) is 16.7. The van der Waals surface area contributed by atoms with E-state index >= 15 is 0 Å². The molecule has 1 atom stereocenters. The van der Waals surface area contributed by atoms with Crippen LogP contribution in [0.1, 0.15) is 61.3 Å². The fourth-order valence-corrected chi connectivity index (χ4v) is 7.76. The van der Waals surface area contributed by atoms with Crippen molar-refractivity contribution in [2.24, 2.45) is 0 Å². The Kier molecular flexibility index (Phi) is 12.1. The van der Waals surface area contributed by atoms with E-state index in [1.165, 1.54) is 12.1 Å². The average Bonchev–Trinajstić information content (AvgIpc) is 3.10. The predicted molar refractivity (Wildman–Crippen MR) is 194 cm³/mol. The summed E-state index contributed by atoms with van der Waals surface area (Å²) in [7, 11) is -4.20. The van der Waals surface area contributed by atoms with Gasteiger partial charge in [0.05, 0.1) is 17.2 Å². The first kappa shape index (κ1) is 35.7. The summed E-state index contributed by atoms with van der Waals surface area (Å²) in [5, 5.41) is 3.26. The monoisotopic (exact) mass is 681 g/mol. The number of benzene rings is 4. The maximum Gasteiger partial charge on any atom is 0.264 e. The Morgan fingerprint density at radius 3 is 2.14 bits per heavy atom. The van der Waals surface area contributed by atoms with Gasteiger partial charge in [-0.05, 0) is 81.1 Å². The summed E-state index contributed by atoms with van der Waals surface area (Å²) in [5.74, 6) is -0.152. The lowest BCUT2D eigenvalue weighted by Gasteiger charge is -2.35. The van der Waals surface area contributed by atoms with E-state index in [9.17, 15) is 18.0 Å². The van der Waals surface area contributed by atoms with Crippen LogP contribution < -0.4 is 14.4 Å². The number of nitrogens with one attached hydrogen (secondary N) is 1. The standard InChI is InChI=1S/C40H47N3O5S/c1-4-48-36-22-24-37(25-23-36)49(46,47)43(35-20-18-30(2)19-21-35)29-39(44)42(28-33-15-11-12-31(3)26-33)38(27-32-13-7-5-8-14-32)40(45)41-34-16-9-6-10-17-34/h5,7-8,11-15,18-26,34,38H,4,6,9-10,16-17,27-29H2,1-3H3,(H,41,45)/t38-/m1/s1. The Balaban J connectivity index is 1.55. The van der Waals surface area contributed by atoms with Crippen molar-refractivity contribution in [1.82, 2.24) is 10.2 Å². The van der Waals surface area contributed by atoms with Crippen molar-refractivity contribution < 1.29 is 22.7 Å². The van der Waals surface area contributed by atoms with Gasteiger partial charge in [0.2, 0.25) is 11.8 Å². The molecular weight excluding hydrogens is 635 g/mol. The molecule has 258 valence electrons. The molecule has 4 aromatic rings. The fourth-order valence-electron chi connectivity index (χ4n) is 6.35. The number of sulfonamides is 1. The molecule has 5 rings (SSSR count). The van der Waals surface area contributed by atoms with Crippen LogP contribution >= 0.6 is 0 Å². The highest BCUT2D eigenvalue weighted by Gasteiger charge is 2.35. The number of carbonyl (C=O) groups excluding carboxylic acids is 2. The van der Waals surface area contributed by atoms with Gasteiger partial charge in [0, 0.05) is 19.0 Å². The third kappa shape index (κ3) is 9.50. The Morgan fingerprint density at radius 2 is 1.49 bits per heavy atom. The number of nitrogens with zero attached hydrogens (tertiary/aromatic N) is 2. The molecule has 1 saturated carbocycles. The van der Waals surface area contributed by atoms with Gasteiger partial charge in [-0.15, -0.1) is 0 Å². The third-order valence-electron chi connectivity index (χ3n) is 8.98. The Labute approximate surface area is 291 Å². The van der Waals surface area contributed by atoms with Gasteiger partial charge in [0.1, 0.15) is 18.3 Å². The maximum absolute atomic E-state index is 14.7. The molecule has 0 heterocycles. The zero-order valence-corrected chi connectivity index (χ0v) is 29.5. The molecule has 9 heteroatoms. The highest BCUT2D eigenvalue weighted by Crippen LogP contribution is 2.27. The van der Waals surface area contributed by atoms with Crippen molar-refractivity contribution >= 4 is 27.5 Å². The van der Waals surface area contributed by atoms with Crippen LogP contribution in [0, 0.1) is 13.8 Å². The van der Waals surface area contributed by atoms with E-state index in [0.717, 1.165) is 58.7 Å². The zero-order chi connectivity index (χ0) is 34.8. The molecular formula is C40H47N3O5S. The predicted octanol–water partition coefficient (Wildman–Crippen LogP) is 6.99. The van der Waals surface area contributed by atoms with Gasteiger partial charge < -0.3 is 15.0 Å². The molecule has 0 bridgehead atoms. The lowest BCUT2D eigenvalue weighted by molar-refractivity contribution is -0.140. The molecule has 49 heavy (non-hydrogen) atoms. The maximum atomic E-state index is 14.7. The summed E-state index contributed by atoms with van der Waals surface area (Å²) < 4.78 is 35.4. The molecule has 8 nitrogen and oxygen atoms in total. The number of amides is 2. The fraction of sp³-hybridized carbons (Fsp3) is 0.350. The van der Waals surface area contributed by atoms with Crippen molar-refractivity contribution in [3.63, 3.8) is 0 Å². The largest absolute Gasteiger partial charge is 0.494 e. The van der Waals surface area contributed by atoms with Gasteiger partial charge >= 0.3 is 0 Å². The lowest BCUT2D eigenvalue weighted by Crippen LogP contribution is -2.55. The SMILES string of the molecule is CCOc1ccc(S(=O)(=O)N(CC(=O)N(Cc2cccc(C)c2)[C@H](Cc2ccccc2)C(=O)NC2CCCCC2)c2ccc(C)cc2)cc1. The summed E-state index contributed by atoms with van der Waals surface area (Å²) in [6, 6.07) is 29.9. The van der Waals surface area contributed by atoms with Crippen LogP contribution in [0.15, 0.2) is 108 Å². The molecule has 0 aromatic heterocycles. The first-order valence-electron chi connectivity index (χ1n) is 17.2.